The molecule has 1 amide bonds. The fourth-order valence-corrected chi connectivity index (χ4v) is 1.40. The van der Waals surface area contributed by atoms with E-state index in [2.05, 4.69) is 10.0 Å². The van der Waals surface area contributed by atoms with Gasteiger partial charge in [0.05, 0.1) is 6.26 Å². The highest BCUT2D eigenvalue weighted by molar-refractivity contribution is 7.88. The molecule has 0 fully saturated rings. The van der Waals surface area contributed by atoms with Crippen molar-refractivity contribution in [1.29, 1.82) is 0 Å². The number of carbonyl (C=O) groups excluding carboxylic acids is 1. The molecule has 0 unspecified atom stereocenters. The van der Waals surface area contributed by atoms with E-state index in [1.807, 2.05) is 0 Å². The highest BCUT2D eigenvalue weighted by Gasteiger charge is 2.04. The monoisotopic (exact) mass is 252 g/mol. The van der Waals surface area contributed by atoms with Crippen molar-refractivity contribution in [2.24, 2.45) is 0 Å². The Morgan fingerprint density at radius 1 is 1.19 bits per heavy atom. The number of aliphatic carboxylic acids is 1. The molecule has 94 valence electrons. The highest BCUT2D eigenvalue weighted by atomic mass is 32.2. The van der Waals surface area contributed by atoms with Crippen LogP contribution >= 0.6 is 0 Å². The second kappa shape index (κ2) is 7.18. The molecule has 0 aliphatic heterocycles. The summed E-state index contributed by atoms with van der Waals surface area (Å²) in [5.74, 6) is -1.22. The lowest BCUT2D eigenvalue weighted by Gasteiger charge is -2.04. The molecule has 16 heavy (non-hydrogen) atoms. The number of carbonyl (C=O) groups is 2. The largest absolute Gasteiger partial charge is 0.481 e. The van der Waals surface area contributed by atoms with Crippen LogP contribution in [0.25, 0.3) is 0 Å². The summed E-state index contributed by atoms with van der Waals surface area (Å²) in [5, 5.41) is 10.8. The highest BCUT2D eigenvalue weighted by Crippen LogP contribution is 1.94. The van der Waals surface area contributed by atoms with Crippen LogP contribution in [0.4, 0.5) is 0 Å². The first-order valence-electron chi connectivity index (χ1n) is 4.74. The zero-order chi connectivity index (χ0) is 12.6. The summed E-state index contributed by atoms with van der Waals surface area (Å²) in [7, 11) is -3.23. The smallest absolute Gasteiger partial charge is 0.303 e. The maximum Gasteiger partial charge on any atom is 0.303 e. The second-order valence-electron chi connectivity index (χ2n) is 3.26. The fraction of sp³-hybridized carbons (Fsp3) is 0.750. The van der Waals surface area contributed by atoms with Gasteiger partial charge in [0.25, 0.3) is 0 Å². The topological polar surface area (TPSA) is 113 Å². The summed E-state index contributed by atoms with van der Waals surface area (Å²) in [6, 6.07) is 0. The molecule has 0 aliphatic carbocycles. The average molecular weight is 252 g/mol. The Balaban J connectivity index is 3.48. The Labute approximate surface area is 94.3 Å². The van der Waals surface area contributed by atoms with Gasteiger partial charge in [-0.2, -0.15) is 0 Å². The van der Waals surface area contributed by atoms with Crippen molar-refractivity contribution in [2.45, 2.75) is 19.3 Å². The number of rotatable bonds is 8. The second-order valence-corrected chi connectivity index (χ2v) is 5.10. The number of hydrogen-bond donors (Lipinski definition) is 3. The molecule has 0 spiro atoms. The Morgan fingerprint density at radius 3 is 2.31 bits per heavy atom. The van der Waals surface area contributed by atoms with Crippen molar-refractivity contribution in [3.63, 3.8) is 0 Å². The number of nitrogens with one attached hydrogen (secondary N) is 2. The lowest BCUT2D eigenvalue weighted by atomic mass is 10.2. The third-order valence-electron chi connectivity index (χ3n) is 1.61. The van der Waals surface area contributed by atoms with E-state index in [-0.39, 0.29) is 38.3 Å². The number of sulfonamides is 1. The molecule has 0 aromatic rings. The molecule has 0 radical (unpaired) electrons. The summed E-state index contributed by atoms with van der Waals surface area (Å²) >= 11 is 0. The maximum atomic E-state index is 11.1. The first-order valence-corrected chi connectivity index (χ1v) is 6.63. The molecular formula is C8H16N2O5S. The number of carboxylic acid groups (broad SMARTS) is 1. The third-order valence-corrected chi connectivity index (χ3v) is 2.33. The Hall–Kier alpha value is -1.15. The van der Waals surface area contributed by atoms with Crippen molar-refractivity contribution < 1.29 is 23.1 Å². The van der Waals surface area contributed by atoms with E-state index in [9.17, 15) is 18.0 Å². The normalized spacial score (nSPS) is 11.1. The van der Waals surface area contributed by atoms with Crippen LogP contribution in [0, 0.1) is 0 Å². The molecule has 0 saturated carbocycles. The van der Waals surface area contributed by atoms with Gasteiger partial charge in [0.15, 0.2) is 0 Å². The van der Waals surface area contributed by atoms with Crippen LogP contribution in [-0.4, -0.2) is 44.7 Å². The Morgan fingerprint density at radius 2 is 1.81 bits per heavy atom. The summed E-state index contributed by atoms with van der Waals surface area (Å²) in [4.78, 5) is 21.2. The standard InChI is InChI=1S/C8H16N2O5S/c1-16(14,15)10-6-5-9-7(11)3-2-4-8(12)13/h10H,2-6H2,1H3,(H,9,11)(H,12,13). The molecule has 0 atom stereocenters. The molecule has 3 N–H and O–H groups in total. The molecule has 7 nitrogen and oxygen atoms in total. The summed E-state index contributed by atoms with van der Waals surface area (Å²) < 4.78 is 23.5. The van der Waals surface area contributed by atoms with Gasteiger partial charge in [-0.05, 0) is 6.42 Å². The predicted molar refractivity (Wildman–Crippen MR) is 57.3 cm³/mol. The van der Waals surface area contributed by atoms with E-state index in [4.69, 9.17) is 5.11 Å². The molecule has 0 bridgehead atoms. The molecule has 0 rings (SSSR count). The molecule has 0 saturated heterocycles. The van der Waals surface area contributed by atoms with E-state index >= 15 is 0 Å². The van der Waals surface area contributed by atoms with Gasteiger partial charge in [-0.15, -0.1) is 0 Å². The fourth-order valence-electron chi connectivity index (χ4n) is 0.927. The van der Waals surface area contributed by atoms with E-state index in [0.29, 0.717) is 0 Å². The van der Waals surface area contributed by atoms with Gasteiger partial charge in [0, 0.05) is 25.9 Å². The van der Waals surface area contributed by atoms with E-state index in [0.717, 1.165) is 6.26 Å². The van der Waals surface area contributed by atoms with Crippen LogP contribution in [0.15, 0.2) is 0 Å². The number of hydrogen-bond acceptors (Lipinski definition) is 4. The number of amides is 1. The average Bonchev–Trinajstić information content (AvgIpc) is 2.10. The van der Waals surface area contributed by atoms with Crippen LogP contribution < -0.4 is 10.0 Å². The zero-order valence-corrected chi connectivity index (χ0v) is 9.84. The SMILES string of the molecule is CS(=O)(=O)NCCNC(=O)CCCC(=O)O. The van der Waals surface area contributed by atoms with Crippen LogP contribution in [0.3, 0.4) is 0 Å². The minimum absolute atomic E-state index is 0.0466. The molecular weight excluding hydrogens is 236 g/mol. The van der Waals surface area contributed by atoms with Crippen molar-refractivity contribution in [1.82, 2.24) is 10.0 Å². The van der Waals surface area contributed by atoms with E-state index in [1.54, 1.807) is 0 Å². The first-order chi connectivity index (χ1) is 7.31. The minimum atomic E-state index is -3.23. The molecule has 8 heteroatoms. The molecule has 0 aromatic heterocycles. The maximum absolute atomic E-state index is 11.1. The first kappa shape index (κ1) is 14.8. The lowest BCUT2D eigenvalue weighted by Crippen LogP contribution is -2.34. The van der Waals surface area contributed by atoms with Crippen molar-refractivity contribution in [3.05, 3.63) is 0 Å². The number of carboxylic acids is 1. The van der Waals surface area contributed by atoms with Gasteiger partial charge in [-0.3, -0.25) is 9.59 Å². The van der Waals surface area contributed by atoms with Crippen LogP contribution in [0.1, 0.15) is 19.3 Å². The summed E-state index contributed by atoms with van der Waals surface area (Å²) in [6.07, 6.45) is 1.39. The van der Waals surface area contributed by atoms with Crippen LogP contribution in [0.2, 0.25) is 0 Å². The Bertz CT molecular complexity index is 338. The van der Waals surface area contributed by atoms with Gasteiger partial charge >= 0.3 is 5.97 Å². The molecule has 0 aliphatic rings. The van der Waals surface area contributed by atoms with Gasteiger partial charge in [0.2, 0.25) is 15.9 Å². The van der Waals surface area contributed by atoms with E-state index < -0.39 is 16.0 Å². The van der Waals surface area contributed by atoms with Crippen molar-refractivity contribution >= 4 is 21.9 Å². The van der Waals surface area contributed by atoms with Crippen molar-refractivity contribution in [3.8, 4) is 0 Å². The van der Waals surface area contributed by atoms with Gasteiger partial charge in [-0.25, -0.2) is 13.1 Å². The zero-order valence-electron chi connectivity index (χ0n) is 9.02. The van der Waals surface area contributed by atoms with Crippen LogP contribution in [0.5, 0.6) is 0 Å². The Kier molecular flexibility index (Phi) is 6.66. The van der Waals surface area contributed by atoms with Gasteiger partial charge in [-0.1, -0.05) is 0 Å². The van der Waals surface area contributed by atoms with Crippen LogP contribution in [-0.2, 0) is 19.6 Å². The van der Waals surface area contributed by atoms with Crippen molar-refractivity contribution in [2.75, 3.05) is 19.3 Å². The summed E-state index contributed by atoms with van der Waals surface area (Å²) in [5.41, 5.74) is 0. The van der Waals surface area contributed by atoms with Gasteiger partial charge < -0.3 is 10.4 Å². The lowest BCUT2D eigenvalue weighted by molar-refractivity contribution is -0.137. The van der Waals surface area contributed by atoms with E-state index in [1.165, 1.54) is 0 Å². The molecule has 0 aromatic carbocycles. The van der Waals surface area contributed by atoms with Gasteiger partial charge in [0.1, 0.15) is 0 Å². The summed E-state index contributed by atoms with van der Waals surface area (Å²) in [6.45, 7) is 0.322. The molecule has 0 heterocycles. The third kappa shape index (κ3) is 10.9. The predicted octanol–water partition coefficient (Wildman–Crippen LogP) is -1.09. The minimum Gasteiger partial charge on any atom is -0.481 e. The quantitative estimate of drug-likeness (QED) is 0.475.